The highest BCUT2D eigenvalue weighted by molar-refractivity contribution is 4.97. The van der Waals surface area contributed by atoms with Crippen LogP contribution in [-0.4, -0.2) is 55.1 Å². The molecular weight excluding hydrogens is 252 g/mol. The first kappa shape index (κ1) is 16.2. The second-order valence-electron chi connectivity index (χ2n) is 6.41. The third-order valence-corrected chi connectivity index (χ3v) is 4.67. The van der Waals surface area contributed by atoms with Gasteiger partial charge in [-0.15, -0.1) is 0 Å². The van der Waals surface area contributed by atoms with Crippen molar-refractivity contribution in [3.63, 3.8) is 0 Å². The molecule has 1 spiro atoms. The van der Waals surface area contributed by atoms with Crippen LogP contribution in [0.15, 0.2) is 0 Å². The number of hydrogen-bond acceptors (Lipinski definition) is 4. The van der Waals surface area contributed by atoms with E-state index in [1.54, 1.807) is 0 Å². The van der Waals surface area contributed by atoms with E-state index in [1.807, 2.05) is 0 Å². The van der Waals surface area contributed by atoms with E-state index in [9.17, 15) is 0 Å². The van der Waals surface area contributed by atoms with E-state index in [0.717, 1.165) is 45.6 Å². The molecule has 1 heterocycles. The monoisotopic (exact) mass is 284 g/mol. The fourth-order valence-corrected chi connectivity index (χ4v) is 3.80. The maximum absolute atomic E-state index is 5.97. The molecule has 1 saturated heterocycles. The topological polar surface area (TPSA) is 33.7 Å². The Morgan fingerprint density at radius 3 is 2.50 bits per heavy atom. The molecule has 1 aliphatic heterocycles. The highest BCUT2D eigenvalue weighted by Gasteiger charge is 2.46. The lowest BCUT2D eigenvalue weighted by Crippen LogP contribution is -2.59. The van der Waals surface area contributed by atoms with E-state index in [1.165, 1.54) is 6.42 Å². The first-order valence-electron chi connectivity index (χ1n) is 8.39. The second-order valence-corrected chi connectivity index (χ2v) is 6.41. The van der Waals surface area contributed by atoms with E-state index >= 15 is 0 Å². The third kappa shape index (κ3) is 3.53. The maximum Gasteiger partial charge on any atom is 0.170 e. The lowest BCUT2D eigenvalue weighted by atomic mass is 9.84. The minimum atomic E-state index is -0.294. The van der Waals surface area contributed by atoms with Crippen molar-refractivity contribution in [2.75, 3.05) is 26.3 Å². The molecule has 4 nitrogen and oxygen atoms in total. The van der Waals surface area contributed by atoms with Crippen LogP contribution in [0.5, 0.6) is 0 Å². The summed E-state index contributed by atoms with van der Waals surface area (Å²) in [6, 6.07) is 1.65. The zero-order chi connectivity index (χ0) is 14.6. The summed E-state index contributed by atoms with van der Waals surface area (Å²) in [5, 5.41) is 3.68. The molecule has 1 N–H and O–H groups in total. The van der Waals surface area contributed by atoms with Crippen molar-refractivity contribution in [1.29, 1.82) is 0 Å². The van der Waals surface area contributed by atoms with Crippen molar-refractivity contribution in [2.24, 2.45) is 0 Å². The van der Waals surface area contributed by atoms with Gasteiger partial charge in [0.2, 0.25) is 0 Å². The summed E-state index contributed by atoms with van der Waals surface area (Å²) in [5.74, 6) is -0.294. The SMILES string of the molecule is CCCN(C(C)C)C1CC2(CCC1NCC)OCCO2. The van der Waals surface area contributed by atoms with Gasteiger partial charge in [-0.2, -0.15) is 0 Å². The van der Waals surface area contributed by atoms with Crippen LogP contribution in [0.2, 0.25) is 0 Å². The summed E-state index contributed by atoms with van der Waals surface area (Å²) in [5.41, 5.74) is 0. The number of ether oxygens (including phenoxy) is 2. The van der Waals surface area contributed by atoms with E-state index < -0.39 is 0 Å². The molecule has 118 valence electrons. The number of hydrogen-bond donors (Lipinski definition) is 1. The maximum atomic E-state index is 5.97. The summed E-state index contributed by atoms with van der Waals surface area (Å²) < 4.78 is 11.9. The minimum absolute atomic E-state index is 0.294. The van der Waals surface area contributed by atoms with Crippen LogP contribution in [0.25, 0.3) is 0 Å². The Bertz CT molecular complexity index is 290. The molecule has 20 heavy (non-hydrogen) atoms. The fourth-order valence-electron chi connectivity index (χ4n) is 3.80. The number of rotatable bonds is 6. The highest BCUT2D eigenvalue weighted by atomic mass is 16.7. The predicted octanol–water partition coefficient (Wildman–Crippen LogP) is 2.38. The molecule has 2 unspecified atom stereocenters. The van der Waals surface area contributed by atoms with E-state index in [2.05, 4.69) is 37.9 Å². The average molecular weight is 284 g/mol. The van der Waals surface area contributed by atoms with Gasteiger partial charge >= 0.3 is 0 Å². The molecule has 0 aromatic carbocycles. The van der Waals surface area contributed by atoms with E-state index in [0.29, 0.717) is 18.1 Å². The molecule has 0 aromatic rings. The highest BCUT2D eigenvalue weighted by Crippen LogP contribution is 2.38. The van der Waals surface area contributed by atoms with Gasteiger partial charge in [0.05, 0.1) is 13.2 Å². The Balaban J connectivity index is 2.12. The zero-order valence-electron chi connectivity index (χ0n) is 13.7. The van der Waals surface area contributed by atoms with Crippen molar-refractivity contribution in [2.45, 2.75) is 77.3 Å². The average Bonchev–Trinajstić information content (AvgIpc) is 2.87. The van der Waals surface area contributed by atoms with Gasteiger partial charge in [-0.05, 0) is 39.8 Å². The van der Waals surface area contributed by atoms with Gasteiger partial charge in [0.25, 0.3) is 0 Å². The summed E-state index contributed by atoms with van der Waals surface area (Å²) in [6.07, 6.45) is 4.37. The second kappa shape index (κ2) is 7.21. The lowest BCUT2D eigenvalue weighted by molar-refractivity contribution is -0.194. The molecule has 1 aliphatic carbocycles. The molecule has 2 fully saturated rings. The Morgan fingerprint density at radius 1 is 1.25 bits per heavy atom. The number of likely N-dealkylation sites (N-methyl/N-ethyl adjacent to an activating group) is 1. The molecule has 1 saturated carbocycles. The van der Waals surface area contributed by atoms with Gasteiger partial charge in [-0.1, -0.05) is 13.8 Å². The van der Waals surface area contributed by atoms with E-state index in [4.69, 9.17) is 9.47 Å². The Labute approximate surface area is 124 Å². The lowest BCUT2D eigenvalue weighted by Gasteiger charge is -2.47. The minimum Gasteiger partial charge on any atom is -0.347 e. The molecular formula is C16H32N2O2. The van der Waals surface area contributed by atoms with Crippen LogP contribution in [0.1, 0.15) is 53.4 Å². The van der Waals surface area contributed by atoms with Crippen LogP contribution >= 0.6 is 0 Å². The van der Waals surface area contributed by atoms with Crippen molar-refractivity contribution < 1.29 is 9.47 Å². The van der Waals surface area contributed by atoms with Crippen molar-refractivity contribution in [3.05, 3.63) is 0 Å². The summed E-state index contributed by atoms with van der Waals surface area (Å²) in [7, 11) is 0. The smallest absolute Gasteiger partial charge is 0.170 e. The van der Waals surface area contributed by atoms with Crippen molar-refractivity contribution in [1.82, 2.24) is 10.2 Å². The number of nitrogens with zero attached hydrogens (tertiary/aromatic N) is 1. The summed E-state index contributed by atoms with van der Waals surface area (Å²) in [4.78, 5) is 2.64. The Morgan fingerprint density at radius 2 is 1.95 bits per heavy atom. The normalized spacial score (nSPS) is 29.7. The van der Waals surface area contributed by atoms with Gasteiger partial charge in [-0.25, -0.2) is 0 Å². The molecule has 2 aliphatic rings. The standard InChI is InChI=1S/C16H32N2O2/c1-5-9-18(13(3)4)15-12-16(19-10-11-20-16)8-7-14(15)17-6-2/h13-15,17H,5-12H2,1-4H3. The van der Waals surface area contributed by atoms with Crippen LogP contribution in [0, 0.1) is 0 Å². The summed E-state index contributed by atoms with van der Waals surface area (Å²) >= 11 is 0. The third-order valence-electron chi connectivity index (χ3n) is 4.67. The predicted molar refractivity (Wildman–Crippen MR) is 81.9 cm³/mol. The molecule has 0 bridgehead atoms. The van der Waals surface area contributed by atoms with Crippen LogP contribution in [0.4, 0.5) is 0 Å². The van der Waals surface area contributed by atoms with Crippen molar-refractivity contribution >= 4 is 0 Å². The molecule has 0 radical (unpaired) electrons. The molecule has 4 heteroatoms. The molecule has 2 atom stereocenters. The largest absolute Gasteiger partial charge is 0.347 e. The van der Waals surface area contributed by atoms with E-state index in [-0.39, 0.29) is 5.79 Å². The van der Waals surface area contributed by atoms with Crippen LogP contribution < -0.4 is 5.32 Å². The van der Waals surface area contributed by atoms with Gasteiger partial charge in [0.1, 0.15) is 0 Å². The number of nitrogens with one attached hydrogen (secondary N) is 1. The van der Waals surface area contributed by atoms with Gasteiger partial charge in [0, 0.05) is 31.0 Å². The molecule has 0 amide bonds. The Hall–Kier alpha value is -0.160. The van der Waals surface area contributed by atoms with Crippen LogP contribution in [0.3, 0.4) is 0 Å². The van der Waals surface area contributed by atoms with Crippen molar-refractivity contribution in [3.8, 4) is 0 Å². The molecule has 0 aromatic heterocycles. The Kier molecular flexibility index (Phi) is 5.84. The fraction of sp³-hybridized carbons (Fsp3) is 1.00. The zero-order valence-corrected chi connectivity index (χ0v) is 13.7. The first-order valence-corrected chi connectivity index (χ1v) is 8.39. The summed E-state index contributed by atoms with van der Waals surface area (Å²) in [6.45, 7) is 12.8. The van der Waals surface area contributed by atoms with Gasteiger partial charge < -0.3 is 14.8 Å². The van der Waals surface area contributed by atoms with Gasteiger partial charge in [-0.3, -0.25) is 4.90 Å². The first-order chi connectivity index (χ1) is 9.62. The van der Waals surface area contributed by atoms with Crippen LogP contribution in [-0.2, 0) is 9.47 Å². The van der Waals surface area contributed by atoms with Gasteiger partial charge in [0.15, 0.2) is 5.79 Å². The molecule has 2 rings (SSSR count). The quantitative estimate of drug-likeness (QED) is 0.812.